The normalized spacial score (nSPS) is 19.9. The minimum Gasteiger partial charge on any atom is -0.508 e. The number of aromatic amines is 1. The topological polar surface area (TPSA) is 77.1 Å². The Morgan fingerprint density at radius 2 is 2.00 bits per heavy atom. The molecule has 4 rings (SSSR count). The van der Waals surface area contributed by atoms with E-state index in [2.05, 4.69) is 47.3 Å². The van der Waals surface area contributed by atoms with Gasteiger partial charge in [0.25, 0.3) is 0 Å². The van der Waals surface area contributed by atoms with Gasteiger partial charge in [0.05, 0.1) is 11.4 Å². The number of hydrogen-bond acceptors (Lipinski definition) is 5. The van der Waals surface area contributed by atoms with Crippen LogP contribution in [-0.2, 0) is 6.54 Å². The molecule has 3 aromatic rings. The van der Waals surface area contributed by atoms with Crippen LogP contribution < -0.4 is 5.32 Å². The van der Waals surface area contributed by atoms with Crippen molar-refractivity contribution in [2.24, 2.45) is 0 Å². The van der Waals surface area contributed by atoms with Crippen molar-refractivity contribution in [2.75, 3.05) is 13.1 Å². The molecule has 1 atom stereocenters. The van der Waals surface area contributed by atoms with E-state index in [9.17, 15) is 5.11 Å². The van der Waals surface area contributed by atoms with E-state index in [0.29, 0.717) is 6.04 Å². The van der Waals surface area contributed by atoms with Gasteiger partial charge in [-0.25, -0.2) is 4.98 Å². The summed E-state index contributed by atoms with van der Waals surface area (Å²) in [5, 5.41) is 21.9. The number of nitrogens with one attached hydrogen (secondary N) is 2. The number of nitrogens with zero attached hydrogens (tertiary/aromatic N) is 3. The zero-order valence-electron chi connectivity index (χ0n) is 17.1. The van der Waals surface area contributed by atoms with E-state index >= 15 is 0 Å². The number of H-pyrrole nitrogens is 1. The predicted molar refractivity (Wildman–Crippen MR) is 112 cm³/mol. The van der Waals surface area contributed by atoms with Crippen LogP contribution in [0, 0.1) is 6.92 Å². The molecule has 6 nitrogen and oxygen atoms in total. The van der Waals surface area contributed by atoms with Crippen LogP contribution in [0.15, 0.2) is 30.3 Å². The van der Waals surface area contributed by atoms with Gasteiger partial charge in [-0.2, -0.15) is 5.10 Å². The third-order valence-electron chi connectivity index (χ3n) is 5.73. The summed E-state index contributed by atoms with van der Waals surface area (Å²) in [6, 6.07) is 9.90. The molecule has 1 aliphatic heterocycles. The largest absolute Gasteiger partial charge is 0.508 e. The molecule has 1 unspecified atom stereocenters. The van der Waals surface area contributed by atoms with Crippen LogP contribution in [0.2, 0.25) is 0 Å². The van der Waals surface area contributed by atoms with Gasteiger partial charge in [-0.05, 0) is 63.1 Å². The molecule has 3 heterocycles. The third kappa shape index (κ3) is 3.62. The van der Waals surface area contributed by atoms with Crippen LogP contribution in [0.4, 0.5) is 0 Å². The van der Waals surface area contributed by atoms with E-state index in [0.717, 1.165) is 54.0 Å². The highest BCUT2D eigenvalue weighted by atomic mass is 16.3. The first-order chi connectivity index (χ1) is 13.4. The van der Waals surface area contributed by atoms with Crippen LogP contribution in [0.3, 0.4) is 0 Å². The van der Waals surface area contributed by atoms with Crippen molar-refractivity contribution in [2.45, 2.75) is 52.2 Å². The Morgan fingerprint density at radius 1 is 1.25 bits per heavy atom. The number of aromatic hydroxyl groups is 1. The fraction of sp³-hybridized carbons (Fsp3) is 0.455. The Hall–Kier alpha value is -2.44. The number of benzene rings is 1. The molecule has 0 spiro atoms. The summed E-state index contributed by atoms with van der Waals surface area (Å²) in [5.74, 6) is 0.260. The number of aryl methyl sites for hydroxylation is 1. The van der Waals surface area contributed by atoms with Gasteiger partial charge in [0.15, 0.2) is 5.65 Å². The number of piperazine rings is 1. The number of fused-ring (bicyclic) bond motifs is 1. The van der Waals surface area contributed by atoms with Gasteiger partial charge < -0.3 is 10.4 Å². The first-order valence-corrected chi connectivity index (χ1v) is 9.99. The molecular weight excluding hydrogens is 350 g/mol. The lowest BCUT2D eigenvalue weighted by Crippen LogP contribution is -2.61. The zero-order valence-corrected chi connectivity index (χ0v) is 17.1. The maximum atomic E-state index is 9.61. The number of aromatic nitrogens is 3. The number of hydrogen-bond donors (Lipinski definition) is 3. The lowest BCUT2D eigenvalue weighted by Gasteiger charge is -2.44. The van der Waals surface area contributed by atoms with E-state index in [1.54, 1.807) is 12.1 Å². The van der Waals surface area contributed by atoms with Crippen molar-refractivity contribution in [3.63, 3.8) is 0 Å². The molecule has 1 aliphatic rings. The summed E-state index contributed by atoms with van der Waals surface area (Å²) in [6.07, 6.45) is 1.12. The summed E-state index contributed by atoms with van der Waals surface area (Å²) >= 11 is 0. The lowest BCUT2D eigenvalue weighted by molar-refractivity contribution is 0.0862. The van der Waals surface area contributed by atoms with Gasteiger partial charge in [0.2, 0.25) is 0 Å². The smallest absolute Gasteiger partial charge is 0.156 e. The molecule has 3 N–H and O–H groups in total. The molecule has 0 radical (unpaired) electrons. The average molecular weight is 380 g/mol. The van der Waals surface area contributed by atoms with Gasteiger partial charge >= 0.3 is 0 Å². The van der Waals surface area contributed by atoms with E-state index < -0.39 is 0 Å². The van der Waals surface area contributed by atoms with E-state index in [1.807, 2.05) is 19.1 Å². The minimum absolute atomic E-state index is 0.100. The van der Waals surface area contributed by atoms with E-state index in [1.165, 1.54) is 5.56 Å². The molecule has 148 valence electrons. The molecule has 2 aromatic heterocycles. The SMILES string of the molecule is CCC1CNC(C)(C)CN1Cc1cc(-c2ccc(O)cc2)nc2[nH]nc(C)c12. The summed E-state index contributed by atoms with van der Waals surface area (Å²) in [4.78, 5) is 7.37. The van der Waals surface area contributed by atoms with E-state index in [4.69, 9.17) is 4.98 Å². The summed E-state index contributed by atoms with van der Waals surface area (Å²) < 4.78 is 0. The fourth-order valence-electron chi connectivity index (χ4n) is 4.20. The molecular formula is C22H29N5O. The Kier molecular flexibility index (Phi) is 4.85. The lowest BCUT2D eigenvalue weighted by atomic mass is 9.96. The number of phenolic OH excluding ortho intramolecular Hbond substituents is 1. The van der Waals surface area contributed by atoms with Crippen LogP contribution in [-0.4, -0.2) is 49.9 Å². The first kappa shape index (κ1) is 18.9. The fourth-order valence-corrected chi connectivity index (χ4v) is 4.20. The molecule has 1 saturated heterocycles. The van der Waals surface area contributed by atoms with Crippen LogP contribution in [0.1, 0.15) is 38.4 Å². The molecule has 0 aliphatic carbocycles. The predicted octanol–water partition coefficient (Wildman–Crippen LogP) is 3.60. The molecule has 6 heteroatoms. The number of phenols is 1. The Bertz CT molecular complexity index is 977. The summed E-state index contributed by atoms with van der Waals surface area (Å²) in [7, 11) is 0. The standard InChI is InChI=1S/C22H29N5O/c1-5-17-11-23-22(3,4)13-27(17)12-16-10-19(15-6-8-18(28)9-7-15)24-21-20(16)14(2)25-26-21/h6-10,17,23,28H,5,11-13H2,1-4H3,(H,24,25,26). The first-order valence-electron chi connectivity index (χ1n) is 9.99. The van der Waals surface area contributed by atoms with Crippen molar-refractivity contribution < 1.29 is 5.11 Å². The van der Waals surface area contributed by atoms with Crippen molar-refractivity contribution >= 4 is 11.0 Å². The number of rotatable bonds is 4. The maximum Gasteiger partial charge on any atom is 0.156 e. The monoisotopic (exact) mass is 379 g/mol. The van der Waals surface area contributed by atoms with Crippen molar-refractivity contribution in [3.05, 3.63) is 41.6 Å². The highest BCUT2D eigenvalue weighted by Gasteiger charge is 2.32. The third-order valence-corrected chi connectivity index (χ3v) is 5.73. The second-order valence-corrected chi connectivity index (χ2v) is 8.48. The Labute approximate surface area is 166 Å². The second kappa shape index (κ2) is 7.18. The van der Waals surface area contributed by atoms with Gasteiger partial charge in [-0.15, -0.1) is 0 Å². The molecule has 0 amide bonds. The minimum atomic E-state index is 0.100. The van der Waals surface area contributed by atoms with Gasteiger partial charge in [-0.1, -0.05) is 6.92 Å². The summed E-state index contributed by atoms with van der Waals surface area (Å²) in [5.41, 5.74) is 5.03. The molecule has 1 fully saturated rings. The van der Waals surface area contributed by atoms with Crippen molar-refractivity contribution in [1.82, 2.24) is 25.4 Å². The zero-order chi connectivity index (χ0) is 19.9. The van der Waals surface area contributed by atoms with Gasteiger partial charge in [-0.3, -0.25) is 10.00 Å². The average Bonchev–Trinajstić information content (AvgIpc) is 3.03. The van der Waals surface area contributed by atoms with Crippen molar-refractivity contribution in [1.29, 1.82) is 0 Å². The summed E-state index contributed by atoms with van der Waals surface area (Å²) in [6.45, 7) is 11.7. The Balaban J connectivity index is 1.76. The highest BCUT2D eigenvalue weighted by Crippen LogP contribution is 2.29. The Morgan fingerprint density at radius 3 is 2.71 bits per heavy atom. The molecule has 1 aromatic carbocycles. The highest BCUT2D eigenvalue weighted by molar-refractivity contribution is 5.84. The molecule has 28 heavy (non-hydrogen) atoms. The second-order valence-electron chi connectivity index (χ2n) is 8.48. The van der Waals surface area contributed by atoms with Crippen LogP contribution in [0.25, 0.3) is 22.3 Å². The molecule has 0 saturated carbocycles. The molecule has 0 bridgehead atoms. The number of pyridine rings is 1. The van der Waals surface area contributed by atoms with Crippen LogP contribution >= 0.6 is 0 Å². The quantitative estimate of drug-likeness (QED) is 0.646. The van der Waals surface area contributed by atoms with E-state index in [-0.39, 0.29) is 11.3 Å². The van der Waals surface area contributed by atoms with Crippen molar-refractivity contribution in [3.8, 4) is 17.0 Å². The van der Waals surface area contributed by atoms with Gasteiger partial charge in [0, 0.05) is 42.2 Å². The van der Waals surface area contributed by atoms with Crippen LogP contribution in [0.5, 0.6) is 5.75 Å². The maximum absolute atomic E-state index is 9.61. The van der Waals surface area contributed by atoms with Gasteiger partial charge in [0.1, 0.15) is 5.75 Å².